The first-order valence-electron chi connectivity index (χ1n) is 9.38. The molecule has 12 heteroatoms. The molecule has 0 radical (unpaired) electrons. The molecule has 9 nitrogen and oxygen atoms in total. The van der Waals surface area contributed by atoms with Crippen LogP contribution in [-0.2, 0) is 14.3 Å². The Bertz CT molecular complexity index is 739. The quantitative estimate of drug-likeness (QED) is 0.615. The number of rotatable bonds is 8. The third-order valence-corrected chi connectivity index (χ3v) is 4.14. The van der Waals surface area contributed by atoms with Crippen molar-refractivity contribution in [2.75, 3.05) is 44.9 Å². The van der Waals surface area contributed by atoms with E-state index in [1.54, 1.807) is 4.90 Å². The van der Waals surface area contributed by atoms with Gasteiger partial charge in [0.25, 0.3) is 11.8 Å². The van der Waals surface area contributed by atoms with Crippen LogP contribution in [0.1, 0.15) is 30.8 Å². The Morgan fingerprint density at radius 2 is 1.97 bits per heavy atom. The number of anilines is 1. The van der Waals surface area contributed by atoms with Crippen LogP contribution in [0, 0.1) is 5.92 Å². The fraction of sp³-hybridized carbons (Fsp3) is 0.667. The molecule has 0 bridgehead atoms. The lowest BCUT2D eigenvalue weighted by Crippen LogP contribution is -2.43. The first-order valence-corrected chi connectivity index (χ1v) is 9.38. The van der Waals surface area contributed by atoms with Crippen molar-refractivity contribution in [2.24, 2.45) is 5.92 Å². The lowest BCUT2D eigenvalue weighted by atomic mass is 10.0. The van der Waals surface area contributed by atoms with Crippen molar-refractivity contribution in [3.05, 3.63) is 11.9 Å². The van der Waals surface area contributed by atoms with Crippen LogP contribution in [0.3, 0.4) is 0 Å². The topological polar surface area (TPSA) is 103 Å². The Morgan fingerprint density at radius 1 is 1.30 bits per heavy atom. The van der Waals surface area contributed by atoms with Gasteiger partial charge in [-0.3, -0.25) is 4.79 Å². The number of ether oxygens (including phenoxy) is 3. The largest absolute Gasteiger partial charge is 0.467 e. The van der Waals surface area contributed by atoms with Crippen LogP contribution in [-0.4, -0.2) is 74.1 Å². The van der Waals surface area contributed by atoms with Gasteiger partial charge in [-0.1, -0.05) is 13.8 Å². The van der Waals surface area contributed by atoms with Crippen LogP contribution in [0.2, 0.25) is 0 Å². The first-order chi connectivity index (χ1) is 14.1. The highest BCUT2D eigenvalue weighted by Gasteiger charge is 2.31. The van der Waals surface area contributed by atoms with E-state index in [1.165, 1.54) is 7.11 Å². The summed E-state index contributed by atoms with van der Waals surface area (Å²) in [5.41, 5.74) is -0.276. The van der Waals surface area contributed by atoms with Crippen LogP contribution in [0.4, 0.5) is 19.0 Å². The Morgan fingerprint density at radius 3 is 2.53 bits per heavy atom. The van der Waals surface area contributed by atoms with Crippen molar-refractivity contribution < 1.29 is 37.0 Å². The van der Waals surface area contributed by atoms with E-state index in [0.29, 0.717) is 32.7 Å². The van der Waals surface area contributed by atoms with Gasteiger partial charge in [-0.15, -0.1) is 0 Å². The molecule has 2 rings (SSSR count). The summed E-state index contributed by atoms with van der Waals surface area (Å²) >= 11 is 0. The second-order valence-electron chi connectivity index (χ2n) is 7.07. The number of nitrogens with one attached hydrogen (secondary N) is 1. The van der Waals surface area contributed by atoms with Gasteiger partial charge in [-0.25, -0.2) is 14.8 Å². The van der Waals surface area contributed by atoms with Crippen molar-refractivity contribution in [3.8, 4) is 5.88 Å². The van der Waals surface area contributed by atoms with Crippen LogP contribution in [0.15, 0.2) is 6.20 Å². The molecule has 0 spiro atoms. The minimum atomic E-state index is -4.59. The lowest BCUT2D eigenvalue weighted by Gasteiger charge is -2.28. The van der Waals surface area contributed by atoms with Crippen LogP contribution in [0.5, 0.6) is 5.88 Å². The highest BCUT2D eigenvalue weighted by molar-refractivity contribution is 5.95. The first kappa shape index (κ1) is 23.6. The zero-order chi connectivity index (χ0) is 22.3. The molecule has 2 heterocycles. The highest BCUT2D eigenvalue weighted by Crippen LogP contribution is 2.27. The molecule has 0 unspecified atom stereocenters. The average Bonchev–Trinajstić information content (AvgIpc) is 2.70. The fourth-order valence-corrected chi connectivity index (χ4v) is 2.77. The zero-order valence-electron chi connectivity index (χ0n) is 17.0. The minimum absolute atomic E-state index is 0.0786. The molecular formula is C18H25F3N4O5. The van der Waals surface area contributed by atoms with Gasteiger partial charge in [-0.05, 0) is 12.3 Å². The number of aromatic nitrogens is 2. The molecule has 1 aromatic rings. The minimum Gasteiger partial charge on any atom is -0.467 e. The summed E-state index contributed by atoms with van der Waals surface area (Å²) in [6.45, 7) is 3.67. The Balaban J connectivity index is 2.25. The van der Waals surface area contributed by atoms with Gasteiger partial charge in [0.1, 0.15) is 6.04 Å². The molecular weight excluding hydrogens is 409 g/mol. The molecule has 0 aliphatic carbocycles. The number of hydrogen-bond donors (Lipinski definition) is 1. The molecule has 0 saturated carbocycles. The Hall–Kier alpha value is -2.63. The van der Waals surface area contributed by atoms with Gasteiger partial charge in [-0.2, -0.15) is 13.2 Å². The van der Waals surface area contributed by atoms with Crippen LogP contribution < -0.4 is 15.0 Å². The van der Waals surface area contributed by atoms with E-state index in [2.05, 4.69) is 15.3 Å². The highest BCUT2D eigenvalue weighted by atomic mass is 19.4. The summed E-state index contributed by atoms with van der Waals surface area (Å²) in [5.74, 6) is -1.66. The number of esters is 1. The lowest BCUT2D eigenvalue weighted by molar-refractivity contribution is -0.154. The van der Waals surface area contributed by atoms with Gasteiger partial charge < -0.3 is 24.4 Å². The van der Waals surface area contributed by atoms with Crippen molar-refractivity contribution in [1.82, 2.24) is 15.3 Å². The number of halogens is 3. The van der Waals surface area contributed by atoms with E-state index in [4.69, 9.17) is 14.2 Å². The van der Waals surface area contributed by atoms with E-state index in [-0.39, 0.29) is 17.4 Å². The van der Waals surface area contributed by atoms with Crippen molar-refractivity contribution >= 4 is 17.7 Å². The normalized spacial score (nSPS) is 15.6. The molecule has 168 valence electrons. The van der Waals surface area contributed by atoms with Crippen molar-refractivity contribution in [1.29, 1.82) is 0 Å². The molecule has 1 saturated heterocycles. The van der Waals surface area contributed by atoms with Gasteiger partial charge >= 0.3 is 12.1 Å². The number of carbonyl (C=O) groups excluding carboxylic acids is 2. The maximum atomic E-state index is 12.7. The molecule has 1 fully saturated rings. The smallest absolute Gasteiger partial charge is 0.422 e. The predicted octanol–water partition coefficient (Wildman–Crippen LogP) is 1.57. The van der Waals surface area contributed by atoms with Gasteiger partial charge in [0.2, 0.25) is 0 Å². The summed E-state index contributed by atoms with van der Waals surface area (Å²) in [4.78, 5) is 34.2. The number of methoxy groups -OCH3 is 1. The van der Waals surface area contributed by atoms with Crippen LogP contribution >= 0.6 is 0 Å². The maximum absolute atomic E-state index is 12.7. The standard InChI is InChI=1S/C18H25F3N4O5/c1-11(2)8-12(17(27)28-3)23-15(26)13-9-22-14(25-4-6-29-7-5-25)16(24-13)30-10-18(19,20)21/h9,11-12H,4-8,10H2,1-3H3,(H,23,26)/t12-/m0/s1. The number of morpholine rings is 1. The van der Waals surface area contributed by atoms with Crippen molar-refractivity contribution in [3.63, 3.8) is 0 Å². The number of amides is 1. The third-order valence-electron chi connectivity index (χ3n) is 4.14. The SMILES string of the molecule is COC(=O)[C@H](CC(C)C)NC(=O)c1cnc(N2CCOCC2)c(OCC(F)(F)F)n1. The van der Waals surface area contributed by atoms with E-state index in [0.717, 1.165) is 6.20 Å². The monoisotopic (exact) mass is 434 g/mol. The summed E-state index contributed by atoms with van der Waals surface area (Å²) in [5, 5.41) is 2.49. The number of nitrogens with zero attached hydrogens (tertiary/aromatic N) is 3. The summed E-state index contributed by atoms with van der Waals surface area (Å²) in [6.07, 6.45) is -3.14. The van der Waals surface area contributed by atoms with Crippen LogP contribution in [0.25, 0.3) is 0 Å². The van der Waals surface area contributed by atoms with E-state index < -0.39 is 36.6 Å². The Kier molecular flexibility index (Phi) is 8.21. The molecule has 1 N–H and O–H groups in total. The second kappa shape index (κ2) is 10.4. The van der Waals surface area contributed by atoms with Gasteiger partial charge in [0.05, 0.1) is 26.5 Å². The summed E-state index contributed by atoms with van der Waals surface area (Å²) in [6, 6.07) is -0.928. The zero-order valence-corrected chi connectivity index (χ0v) is 17.0. The molecule has 1 atom stereocenters. The molecule has 1 aliphatic rings. The maximum Gasteiger partial charge on any atom is 0.422 e. The molecule has 1 aliphatic heterocycles. The molecule has 0 aromatic carbocycles. The summed E-state index contributed by atoms with van der Waals surface area (Å²) < 4.78 is 52.7. The number of carbonyl (C=O) groups is 2. The number of alkyl halides is 3. The van der Waals surface area contributed by atoms with Crippen molar-refractivity contribution in [2.45, 2.75) is 32.5 Å². The van der Waals surface area contributed by atoms with Gasteiger partial charge in [0, 0.05) is 13.1 Å². The average molecular weight is 434 g/mol. The molecule has 1 amide bonds. The Labute approximate surface area is 171 Å². The van der Waals surface area contributed by atoms with E-state index in [1.807, 2.05) is 13.8 Å². The fourth-order valence-electron chi connectivity index (χ4n) is 2.77. The number of hydrogen-bond acceptors (Lipinski definition) is 8. The second-order valence-corrected chi connectivity index (χ2v) is 7.07. The molecule has 30 heavy (non-hydrogen) atoms. The van der Waals surface area contributed by atoms with E-state index >= 15 is 0 Å². The van der Waals surface area contributed by atoms with Gasteiger partial charge in [0.15, 0.2) is 18.1 Å². The predicted molar refractivity (Wildman–Crippen MR) is 99.3 cm³/mol. The summed E-state index contributed by atoms with van der Waals surface area (Å²) in [7, 11) is 1.20. The third kappa shape index (κ3) is 7.01. The molecule has 1 aromatic heterocycles. The van der Waals surface area contributed by atoms with E-state index in [9.17, 15) is 22.8 Å².